The standard InChI is InChI=1S/C18H24N2O4S/c1-12-9-10-14(24-12)18-20-13(2)16(25-18)17(23)19-11-7-5-3-4-6-8-15(21)22/h9-10H,3-8,11H2,1-2H3,(H,19,23)(H,21,22). The van der Waals surface area contributed by atoms with E-state index >= 15 is 0 Å². The van der Waals surface area contributed by atoms with Crippen molar-refractivity contribution in [3.05, 3.63) is 28.5 Å². The summed E-state index contributed by atoms with van der Waals surface area (Å²) in [5.41, 5.74) is 0.709. The molecular formula is C18H24N2O4S. The summed E-state index contributed by atoms with van der Waals surface area (Å²) >= 11 is 1.34. The number of aliphatic carboxylic acids is 1. The molecule has 1 amide bonds. The Balaban J connectivity index is 1.72. The number of rotatable bonds is 10. The van der Waals surface area contributed by atoms with Crippen molar-refractivity contribution in [1.29, 1.82) is 0 Å². The third-order valence-electron chi connectivity index (χ3n) is 3.81. The third kappa shape index (κ3) is 6.01. The lowest BCUT2D eigenvalue weighted by Gasteiger charge is -2.04. The van der Waals surface area contributed by atoms with Crippen LogP contribution in [0.5, 0.6) is 0 Å². The Labute approximate surface area is 151 Å². The largest absolute Gasteiger partial charge is 0.481 e. The summed E-state index contributed by atoms with van der Waals surface area (Å²) in [6.45, 7) is 4.32. The van der Waals surface area contributed by atoms with Crippen LogP contribution >= 0.6 is 11.3 Å². The first-order valence-corrected chi connectivity index (χ1v) is 9.33. The van der Waals surface area contributed by atoms with Crippen LogP contribution in [-0.4, -0.2) is 28.5 Å². The smallest absolute Gasteiger partial charge is 0.303 e. The van der Waals surface area contributed by atoms with E-state index in [1.165, 1.54) is 11.3 Å². The fraction of sp³-hybridized carbons (Fsp3) is 0.500. The van der Waals surface area contributed by atoms with Crippen molar-refractivity contribution in [1.82, 2.24) is 10.3 Å². The van der Waals surface area contributed by atoms with Crippen molar-refractivity contribution < 1.29 is 19.1 Å². The summed E-state index contributed by atoms with van der Waals surface area (Å²) in [5.74, 6) is 0.662. The number of thiazole rings is 1. The lowest BCUT2D eigenvalue weighted by Crippen LogP contribution is -2.24. The van der Waals surface area contributed by atoms with Crippen molar-refractivity contribution in [2.24, 2.45) is 0 Å². The molecule has 0 aromatic carbocycles. The van der Waals surface area contributed by atoms with Gasteiger partial charge in [-0.3, -0.25) is 9.59 Å². The van der Waals surface area contributed by atoms with Crippen LogP contribution in [0.25, 0.3) is 10.8 Å². The van der Waals surface area contributed by atoms with Gasteiger partial charge < -0.3 is 14.8 Å². The highest BCUT2D eigenvalue weighted by Gasteiger charge is 2.17. The number of furan rings is 1. The highest BCUT2D eigenvalue weighted by Crippen LogP contribution is 2.29. The predicted molar refractivity (Wildman–Crippen MR) is 97.0 cm³/mol. The van der Waals surface area contributed by atoms with Gasteiger partial charge in [0.05, 0.1) is 5.69 Å². The lowest BCUT2D eigenvalue weighted by molar-refractivity contribution is -0.137. The Morgan fingerprint density at radius 2 is 1.88 bits per heavy atom. The Morgan fingerprint density at radius 1 is 1.16 bits per heavy atom. The van der Waals surface area contributed by atoms with Gasteiger partial charge in [-0.25, -0.2) is 4.98 Å². The second kappa shape index (κ2) is 9.36. The number of hydrogen-bond acceptors (Lipinski definition) is 5. The van der Waals surface area contributed by atoms with Gasteiger partial charge in [0, 0.05) is 13.0 Å². The zero-order valence-electron chi connectivity index (χ0n) is 14.6. The van der Waals surface area contributed by atoms with Gasteiger partial charge in [-0.05, 0) is 38.8 Å². The van der Waals surface area contributed by atoms with E-state index in [1.807, 2.05) is 26.0 Å². The Bertz CT molecular complexity index is 720. The molecule has 0 radical (unpaired) electrons. The number of nitrogens with zero attached hydrogens (tertiary/aromatic N) is 1. The molecule has 0 spiro atoms. The number of aryl methyl sites for hydroxylation is 2. The van der Waals surface area contributed by atoms with Crippen LogP contribution in [0.15, 0.2) is 16.5 Å². The number of hydrogen-bond donors (Lipinski definition) is 2. The van der Waals surface area contributed by atoms with Crippen LogP contribution in [-0.2, 0) is 4.79 Å². The molecule has 0 aliphatic heterocycles. The van der Waals surface area contributed by atoms with Crippen LogP contribution in [0.2, 0.25) is 0 Å². The second-order valence-electron chi connectivity index (χ2n) is 6.01. The first-order chi connectivity index (χ1) is 12.0. The molecule has 2 aromatic heterocycles. The molecular weight excluding hydrogens is 340 g/mol. The van der Waals surface area contributed by atoms with E-state index < -0.39 is 5.97 Å². The van der Waals surface area contributed by atoms with Gasteiger partial charge in [-0.15, -0.1) is 11.3 Å². The zero-order chi connectivity index (χ0) is 18.2. The van der Waals surface area contributed by atoms with Crippen molar-refractivity contribution in [3.8, 4) is 10.8 Å². The third-order valence-corrected chi connectivity index (χ3v) is 4.98. The van der Waals surface area contributed by atoms with Gasteiger partial charge in [-0.2, -0.15) is 0 Å². The van der Waals surface area contributed by atoms with E-state index in [0.717, 1.165) is 37.9 Å². The monoisotopic (exact) mass is 364 g/mol. The number of nitrogens with one attached hydrogen (secondary N) is 1. The maximum absolute atomic E-state index is 12.3. The van der Waals surface area contributed by atoms with Gasteiger partial charge in [0.1, 0.15) is 10.6 Å². The molecule has 0 atom stereocenters. The van der Waals surface area contributed by atoms with Crippen LogP contribution < -0.4 is 5.32 Å². The summed E-state index contributed by atoms with van der Waals surface area (Å²) < 4.78 is 5.56. The van der Waals surface area contributed by atoms with Crippen molar-refractivity contribution in [3.63, 3.8) is 0 Å². The molecule has 6 nitrogen and oxygen atoms in total. The predicted octanol–water partition coefficient (Wildman–Crippen LogP) is 4.17. The molecule has 25 heavy (non-hydrogen) atoms. The van der Waals surface area contributed by atoms with Crippen LogP contribution in [0.1, 0.15) is 59.7 Å². The van der Waals surface area contributed by atoms with E-state index in [1.54, 1.807) is 0 Å². The molecule has 2 N–H and O–H groups in total. The minimum Gasteiger partial charge on any atom is -0.481 e. The van der Waals surface area contributed by atoms with E-state index in [2.05, 4.69) is 10.3 Å². The van der Waals surface area contributed by atoms with Gasteiger partial charge in [-0.1, -0.05) is 19.3 Å². The summed E-state index contributed by atoms with van der Waals surface area (Å²) in [6, 6.07) is 3.74. The van der Waals surface area contributed by atoms with Gasteiger partial charge in [0.25, 0.3) is 5.91 Å². The average molecular weight is 364 g/mol. The Kier molecular flexibility index (Phi) is 7.18. The number of carboxylic acids is 1. The molecule has 2 heterocycles. The molecule has 0 saturated heterocycles. The number of unbranched alkanes of at least 4 members (excludes halogenated alkanes) is 4. The van der Waals surface area contributed by atoms with E-state index in [4.69, 9.17) is 9.52 Å². The quantitative estimate of drug-likeness (QED) is 0.617. The summed E-state index contributed by atoms with van der Waals surface area (Å²) in [5, 5.41) is 12.2. The molecule has 7 heteroatoms. The fourth-order valence-electron chi connectivity index (χ4n) is 2.48. The molecule has 0 fully saturated rings. The summed E-state index contributed by atoms with van der Waals surface area (Å²) in [7, 11) is 0. The number of carboxylic acid groups (broad SMARTS) is 1. The summed E-state index contributed by atoms with van der Waals surface area (Å²) in [4.78, 5) is 27.7. The maximum Gasteiger partial charge on any atom is 0.303 e. The first kappa shape index (κ1) is 19.2. The van der Waals surface area contributed by atoms with Crippen LogP contribution in [0, 0.1) is 13.8 Å². The molecule has 2 rings (SSSR count). The van der Waals surface area contributed by atoms with Gasteiger partial charge in [0.15, 0.2) is 10.8 Å². The number of amides is 1. The van der Waals surface area contributed by atoms with Crippen molar-refractivity contribution >= 4 is 23.2 Å². The zero-order valence-corrected chi connectivity index (χ0v) is 15.4. The molecule has 0 aliphatic carbocycles. The molecule has 0 saturated carbocycles. The molecule has 0 bridgehead atoms. The Morgan fingerprint density at radius 3 is 2.56 bits per heavy atom. The average Bonchev–Trinajstić information content (AvgIpc) is 3.15. The normalized spacial score (nSPS) is 10.8. The van der Waals surface area contributed by atoms with E-state index in [9.17, 15) is 9.59 Å². The van der Waals surface area contributed by atoms with Crippen molar-refractivity contribution in [2.45, 2.75) is 52.4 Å². The highest BCUT2D eigenvalue weighted by molar-refractivity contribution is 7.17. The fourth-order valence-corrected chi connectivity index (χ4v) is 3.42. The van der Waals surface area contributed by atoms with E-state index in [0.29, 0.717) is 27.9 Å². The SMILES string of the molecule is Cc1ccc(-c2nc(C)c(C(=O)NCCCCCCCC(=O)O)s2)o1. The number of carbonyl (C=O) groups is 2. The first-order valence-electron chi connectivity index (χ1n) is 8.51. The Hall–Kier alpha value is -2.15. The highest BCUT2D eigenvalue weighted by atomic mass is 32.1. The molecule has 0 aliphatic rings. The van der Waals surface area contributed by atoms with Crippen LogP contribution in [0.4, 0.5) is 0 Å². The minimum atomic E-state index is -0.740. The lowest BCUT2D eigenvalue weighted by atomic mass is 10.1. The maximum atomic E-state index is 12.3. The number of aromatic nitrogens is 1. The molecule has 0 unspecified atom stereocenters. The van der Waals surface area contributed by atoms with E-state index in [-0.39, 0.29) is 12.3 Å². The molecule has 2 aromatic rings. The summed E-state index contributed by atoms with van der Waals surface area (Å²) in [6.07, 6.45) is 4.74. The van der Waals surface area contributed by atoms with Crippen LogP contribution in [0.3, 0.4) is 0 Å². The van der Waals surface area contributed by atoms with Gasteiger partial charge >= 0.3 is 5.97 Å². The number of carbonyl (C=O) groups excluding carboxylic acids is 1. The van der Waals surface area contributed by atoms with Crippen molar-refractivity contribution in [2.75, 3.05) is 6.54 Å². The topological polar surface area (TPSA) is 92.4 Å². The molecule has 136 valence electrons. The van der Waals surface area contributed by atoms with Gasteiger partial charge in [0.2, 0.25) is 0 Å². The second-order valence-corrected chi connectivity index (χ2v) is 7.01. The minimum absolute atomic E-state index is 0.101.